The smallest absolute Gasteiger partial charge is 0.303 e. The number of carbonyl (C=O) groups is 2. The largest absolute Gasteiger partial charge is 0.481 e. The summed E-state index contributed by atoms with van der Waals surface area (Å²) in [6.45, 7) is 3.33. The maximum Gasteiger partial charge on any atom is 0.303 e. The Labute approximate surface area is 123 Å². The van der Waals surface area contributed by atoms with Crippen molar-refractivity contribution in [1.29, 1.82) is 0 Å². The number of benzene rings is 1. The summed E-state index contributed by atoms with van der Waals surface area (Å²) in [6.07, 6.45) is 3.99. The van der Waals surface area contributed by atoms with Gasteiger partial charge in [-0.3, -0.25) is 9.59 Å². The molecule has 0 radical (unpaired) electrons. The van der Waals surface area contributed by atoms with Gasteiger partial charge in [0.05, 0.1) is 13.2 Å². The molecule has 1 saturated heterocycles. The highest BCUT2D eigenvalue weighted by Crippen LogP contribution is 2.27. The molecule has 1 aromatic rings. The number of hydrogen-bond donors (Lipinski definition) is 2. The van der Waals surface area contributed by atoms with E-state index in [1.165, 1.54) is 6.08 Å². The van der Waals surface area contributed by atoms with Gasteiger partial charge in [0.2, 0.25) is 5.91 Å². The van der Waals surface area contributed by atoms with Gasteiger partial charge in [-0.25, -0.2) is 0 Å². The topological polar surface area (TPSA) is 75.6 Å². The van der Waals surface area contributed by atoms with Crippen LogP contribution < -0.4 is 5.32 Å². The molecule has 5 nitrogen and oxygen atoms in total. The van der Waals surface area contributed by atoms with Gasteiger partial charge in [-0.05, 0) is 30.2 Å². The molecule has 5 heteroatoms. The Balaban J connectivity index is 1.85. The molecular formula is C16H19NO4. The molecule has 1 aromatic carbocycles. The lowest BCUT2D eigenvalue weighted by Crippen LogP contribution is -2.37. The predicted octanol–water partition coefficient (Wildman–Crippen LogP) is 2.24. The van der Waals surface area contributed by atoms with Gasteiger partial charge in [-0.1, -0.05) is 25.1 Å². The van der Waals surface area contributed by atoms with Crippen LogP contribution in [-0.2, 0) is 20.7 Å². The Morgan fingerprint density at radius 1 is 1.33 bits per heavy atom. The Kier molecular flexibility index (Phi) is 4.75. The molecule has 1 amide bonds. The van der Waals surface area contributed by atoms with Crippen molar-refractivity contribution in [1.82, 2.24) is 0 Å². The third-order valence-corrected chi connectivity index (χ3v) is 3.35. The SMILES string of the molecule is CC1(/C=C/C(=O)Nc2ccc(CCC(=O)O)cc2)COC1. The summed E-state index contributed by atoms with van der Waals surface area (Å²) in [5.41, 5.74) is 1.60. The highest BCUT2D eigenvalue weighted by molar-refractivity contribution is 5.99. The normalized spacial score (nSPS) is 16.4. The van der Waals surface area contributed by atoms with Crippen LogP contribution in [0, 0.1) is 5.41 Å². The fourth-order valence-corrected chi connectivity index (χ4v) is 1.99. The van der Waals surface area contributed by atoms with Crippen molar-refractivity contribution < 1.29 is 19.4 Å². The first-order chi connectivity index (χ1) is 9.97. The number of carboxylic acids is 1. The van der Waals surface area contributed by atoms with Crippen molar-refractivity contribution in [3.8, 4) is 0 Å². The highest BCUT2D eigenvalue weighted by Gasteiger charge is 2.30. The summed E-state index contributed by atoms with van der Waals surface area (Å²) in [7, 11) is 0. The van der Waals surface area contributed by atoms with Crippen LogP contribution >= 0.6 is 0 Å². The number of carboxylic acid groups (broad SMARTS) is 1. The number of rotatable bonds is 6. The molecule has 0 unspecified atom stereocenters. The minimum atomic E-state index is -0.814. The average Bonchev–Trinajstić information content (AvgIpc) is 2.42. The molecule has 2 rings (SSSR count). The minimum Gasteiger partial charge on any atom is -0.481 e. The molecule has 0 saturated carbocycles. The van der Waals surface area contributed by atoms with Crippen molar-refractivity contribution in [3.63, 3.8) is 0 Å². The molecule has 1 aliphatic rings. The maximum atomic E-state index is 11.8. The lowest BCUT2D eigenvalue weighted by atomic mass is 9.88. The lowest BCUT2D eigenvalue weighted by Gasteiger charge is -2.35. The maximum absolute atomic E-state index is 11.8. The number of amides is 1. The van der Waals surface area contributed by atoms with Crippen molar-refractivity contribution in [2.75, 3.05) is 18.5 Å². The third-order valence-electron chi connectivity index (χ3n) is 3.35. The summed E-state index contributed by atoms with van der Waals surface area (Å²) in [6, 6.07) is 7.20. The fraction of sp³-hybridized carbons (Fsp3) is 0.375. The van der Waals surface area contributed by atoms with Gasteiger partial charge < -0.3 is 15.2 Å². The standard InChI is InChI=1S/C16H19NO4/c1-16(10-21-11-16)9-8-14(18)17-13-5-2-12(3-6-13)4-7-15(19)20/h2-3,5-6,8-9H,4,7,10-11H2,1H3,(H,17,18)(H,19,20)/b9-8+. The number of ether oxygens (including phenoxy) is 1. The zero-order valence-electron chi connectivity index (χ0n) is 12.0. The van der Waals surface area contributed by atoms with E-state index in [1.54, 1.807) is 12.1 Å². The van der Waals surface area contributed by atoms with E-state index in [9.17, 15) is 9.59 Å². The first kappa shape index (κ1) is 15.3. The summed E-state index contributed by atoms with van der Waals surface area (Å²) in [4.78, 5) is 22.3. The van der Waals surface area contributed by atoms with Crippen LogP contribution in [0.5, 0.6) is 0 Å². The molecule has 0 bridgehead atoms. The number of aliphatic carboxylic acids is 1. The Morgan fingerprint density at radius 2 is 2.00 bits per heavy atom. The van der Waals surface area contributed by atoms with Gasteiger partial charge in [0, 0.05) is 17.5 Å². The van der Waals surface area contributed by atoms with Crippen LogP contribution in [0.3, 0.4) is 0 Å². The van der Waals surface area contributed by atoms with Crippen LogP contribution in [0.4, 0.5) is 5.69 Å². The fourth-order valence-electron chi connectivity index (χ4n) is 1.99. The zero-order valence-corrected chi connectivity index (χ0v) is 12.0. The molecule has 112 valence electrons. The van der Waals surface area contributed by atoms with Crippen LogP contribution in [0.15, 0.2) is 36.4 Å². The summed E-state index contributed by atoms with van der Waals surface area (Å²) in [5.74, 6) is -0.993. The highest BCUT2D eigenvalue weighted by atomic mass is 16.5. The molecule has 0 aliphatic carbocycles. The van der Waals surface area contributed by atoms with Gasteiger partial charge in [0.15, 0.2) is 0 Å². The van der Waals surface area contributed by atoms with E-state index in [1.807, 2.05) is 25.1 Å². The Hall–Kier alpha value is -2.14. The average molecular weight is 289 g/mol. The first-order valence-electron chi connectivity index (χ1n) is 6.86. The number of nitrogens with one attached hydrogen (secondary N) is 1. The van der Waals surface area contributed by atoms with Gasteiger partial charge in [0.1, 0.15) is 0 Å². The van der Waals surface area contributed by atoms with E-state index in [0.29, 0.717) is 25.3 Å². The zero-order chi connectivity index (χ0) is 15.3. The molecular weight excluding hydrogens is 270 g/mol. The van der Waals surface area contributed by atoms with E-state index in [0.717, 1.165) is 5.56 Å². The molecule has 1 fully saturated rings. The second-order valence-corrected chi connectivity index (χ2v) is 5.56. The number of carbonyl (C=O) groups excluding carboxylic acids is 1. The summed E-state index contributed by atoms with van der Waals surface area (Å²) in [5, 5.41) is 11.4. The van der Waals surface area contributed by atoms with Crippen LogP contribution in [-0.4, -0.2) is 30.2 Å². The van der Waals surface area contributed by atoms with Crippen molar-refractivity contribution in [2.24, 2.45) is 5.41 Å². The van der Waals surface area contributed by atoms with Crippen molar-refractivity contribution >= 4 is 17.6 Å². The number of aryl methyl sites for hydroxylation is 1. The predicted molar refractivity (Wildman–Crippen MR) is 79.1 cm³/mol. The van der Waals surface area contributed by atoms with Crippen molar-refractivity contribution in [2.45, 2.75) is 19.8 Å². The van der Waals surface area contributed by atoms with Crippen LogP contribution in [0.1, 0.15) is 18.9 Å². The summed E-state index contributed by atoms with van der Waals surface area (Å²) < 4.78 is 5.12. The first-order valence-corrected chi connectivity index (χ1v) is 6.86. The van der Waals surface area contributed by atoms with Crippen LogP contribution in [0.25, 0.3) is 0 Å². The van der Waals surface area contributed by atoms with E-state index in [2.05, 4.69) is 5.32 Å². The van der Waals surface area contributed by atoms with Gasteiger partial charge in [-0.2, -0.15) is 0 Å². The second kappa shape index (κ2) is 6.54. The van der Waals surface area contributed by atoms with Crippen LogP contribution in [0.2, 0.25) is 0 Å². The second-order valence-electron chi connectivity index (χ2n) is 5.56. The monoisotopic (exact) mass is 289 g/mol. The molecule has 0 aromatic heterocycles. The molecule has 1 aliphatic heterocycles. The molecule has 0 atom stereocenters. The Bertz CT molecular complexity index is 544. The number of anilines is 1. The molecule has 2 N–H and O–H groups in total. The number of hydrogen-bond acceptors (Lipinski definition) is 3. The van der Waals surface area contributed by atoms with E-state index in [-0.39, 0.29) is 17.7 Å². The van der Waals surface area contributed by atoms with Gasteiger partial charge in [-0.15, -0.1) is 0 Å². The van der Waals surface area contributed by atoms with E-state index < -0.39 is 5.97 Å². The molecule has 1 heterocycles. The van der Waals surface area contributed by atoms with Gasteiger partial charge in [0.25, 0.3) is 0 Å². The lowest BCUT2D eigenvalue weighted by molar-refractivity contribution is -0.137. The third kappa shape index (κ3) is 4.72. The quantitative estimate of drug-likeness (QED) is 0.787. The summed E-state index contributed by atoms with van der Waals surface area (Å²) >= 11 is 0. The van der Waals surface area contributed by atoms with E-state index >= 15 is 0 Å². The Morgan fingerprint density at radius 3 is 2.52 bits per heavy atom. The molecule has 21 heavy (non-hydrogen) atoms. The van der Waals surface area contributed by atoms with Gasteiger partial charge >= 0.3 is 5.97 Å². The van der Waals surface area contributed by atoms with Crippen molar-refractivity contribution in [3.05, 3.63) is 42.0 Å². The minimum absolute atomic E-state index is 0.0297. The van der Waals surface area contributed by atoms with E-state index in [4.69, 9.17) is 9.84 Å². The molecule has 0 spiro atoms.